The molecule has 8 aromatic rings. The van der Waals surface area contributed by atoms with Gasteiger partial charge < -0.3 is 28.4 Å². The molecule has 2 unspecified atom stereocenters. The zero-order chi connectivity index (χ0) is 66.9. The maximum Gasteiger partial charge on any atom is 0.311 e. The van der Waals surface area contributed by atoms with Crippen LogP contribution in [0.4, 0.5) is 0 Å². The normalized spacial score (nSPS) is 12.5. The number of ether oxygens (including phenoxy) is 6. The first-order valence-corrected chi connectivity index (χ1v) is 35.0. The van der Waals surface area contributed by atoms with Crippen molar-refractivity contribution in [1.29, 1.82) is 0 Å². The van der Waals surface area contributed by atoms with E-state index in [1.807, 2.05) is 62.4 Å². The summed E-state index contributed by atoms with van der Waals surface area (Å²) in [6, 6.07) is 75.9. The fourth-order valence-corrected chi connectivity index (χ4v) is 13.2. The van der Waals surface area contributed by atoms with Gasteiger partial charge in [0.2, 0.25) is 0 Å². The lowest BCUT2D eigenvalue weighted by molar-refractivity contribution is -0.156. The first-order valence-electron chi connectivity index (χ1n) is 35.0. The van der Waals surface area contributed by atoms with E-state index in [4.69, 9.17) is 28.4 Å². The van der Waals surface area contributed by atoms with Gasteiger partial charge in [0.15, 0.2) is 0 Å². The molecule has 0 N–H and O–H groups in total. The molecule has 0 fully saturated rings. The van der Waals surface area contributed by atoms with Crippen molar-refractivity contribution in [3.63, 3.8) is 0 Å². The second-order valence-electron chi connectivity index (χ2n) is 26.8. The highest BCUT2D eigenvalue weighted by atomic mass is 16.5. The number of rotatable bonds is 39. The second kappa shape index (κ2) is 38.3. The molecule has 0 aliphatic heterocycles. The van der Waals surface area contributed by atoms with E-state index in [1.165, 1.54) is 41.5 Å². The average molecular weight is 1270 g/mol. The van der Waals surface area contributed by atoms with Gasteiger partial charge in [-0.25, -0.2) is 0 Å². The molecule has 0 amide bonds. The topological polar surface area (TPSA) is 89.5 Å². The van der Waals surface area contributed by atoms with E-state index in [2.05, 4.69) is 204 Å². The lowest BCUT2D eigenvalue weighted by Crippen LogP contribution is -2.52. The molecule has 2 atom stereocenters. The van der Waals surface area contributed by atoms with Crippen molar-refractivity contribution in [2.24, 2.45) is 10.8 Å². The van der Waals surface area contributed by atoms with Gasteiger partial charge in [-0.1, -0.05) is 229 Å². The summed E-state index contributed by atoms with van der Waals surface area (Å²) in [6.45, 7) is 17.4. The van der Waals surface area contributed by atoms with Crippen LogP contribution in [0.2, 0.25) is 0 Å². The Balaban J connectivity index is 0.000000278. The maximum atomic E-state index is 14.1. The number of methoxy groups -OCH3 is 2. The molecule has 8 rings (SSSR count). The fraction of sp³-hybridized carbons (Fsp3) is 0.419. The molecule has 500 valence electrons. The Morgan fingerprint density at radius 3 is 1.11 bits per heavy atom. The lowest BCUT2D eigenvalue weighted by atomic mass is 9.49. The molecule has 94 heavy (non-hydrogen) atoms. The number of hydrogen-bond donors (Lipinski definition) is 0. The largest absolute Gasteiger partial charge is 0.497 e. The first kappa shape index (κ1) is 73.3. The van der Waals surface area contributed by atoms with Crippen LogP contribution < -0.4 is 18.9 Å². The van der Waals surface area contributed by atoms with Crippen LogP contribution in [0.15, 0.2) is 218 Å². The Labute approximate surface area is 565 Å². The number of benzene rings is 8. The van der Waals surface area contributed by atoms with E-state index >= 15 is 0 Å². The highest BCUT2D eigenvalue weighted by Gasteiger charge is 2.54. The van der Waals surface area contributed by atoms with Crippen molar-refractivity contribution < 1.29 is 38.0 Å². The first-order chi connectivity index (χ1) is 45.7. The van der Waals surface area contributed by atoms with Crippen molar-refractivity contribution in [3.05, 3.63) is 241 Å². The van der Waals surface area contributed by atoms with E-state index in [-0.39, 0.29) is 17.4 Å². The van der Waals surface area contributed by atoms with Crippen molar-refractivity contribution in [2.45, 2.75) is 181 Å². The Morgan fingerprint density at radius 2 is 0.713 bits per heavy atom. The van der Waals surface area contributed by atoms with Crippen LogP contribution in [-0.2, 0) is 29.9 Å². The summed E-state index contributed by atoms with van der Waals surface area (Å²) in [6.07, 6.45) is 18.3. The Kier molecular flexibility index (Phi) is 29.9. The summed E-state index contributed by atoms with van der Waals surface area (Å²) < 4.78 is 34.3. The van der Waals surface area contributed by atoms with Crippen LogP contribution >= 0.6 is 0 Å². The molecule has 0 aliphatic carbocycles. The van der Waals surface area contributed by atoms with Crippen molar-refractivity contribution in [2.75, 3.05) is 40.6 Å². The molecule has 0 heterocycles. The van der Waals surface area contributed by atoms with Gasteiger partial charge in [-0.15, -0.1) is 0 Å². The number of unbranched alkanes of at least 4 members (excludes halogenated alkanes) is 10. The molecule has 0 bridgehead atoms. The van der Waals surface area contributed by atoms with Crippen LogP contribution in [-0.4, -0.2) is 52.6 Å². The minimum atomic E-state index is -0.747. The maximum absolute atomic E-state index is 14.1. The van der Waals surface area contributed by atoms with E-state index in [1.54, 1.807) is 14.2 Å². The molecule has 0 aromatic heterocycles. The predicted molar refractivity (Wildman–Crippen MR) is 388 cm³/mol. The molecule has 0 aliphatic rings. The van der Waals surface area contributed by atoms with E-state index < -0.39 is 16.2 Å². The van der Waals surface area contributed by atoms with Crippen LogP contribution in [0.3, 0.4) is 0 Å². The van der Waals surface area contributed by atoms with Crippen LogP contribution in [0, 0.1) is 10.8 Å². The van der Waals surface area contributed by atoms with Gasteiger partial charge in [-0.2, -0.15) is 0 Å². The van der Waals surface area contributed by atoms with Crippen LogP contribution in [0.25, 0.3) is 22.3 Å². The minimum Gasteiger partial charge on any atom is -0.497 e. The molecular weight excluding hydrogens is 1160 g/mol. The summed E-state index contributed by atoms with van der Waals surface area (Å²) in [4.78, 5) is 27.1. The van der Waals surface area contributed by atoms with Gasteiger partial charge in [-0.05, 0) is 204 Å². The van der Waals surface area contributed by atoms with Crippen molar-refractivity contribution in [1.82, 2.24) is 0 Å². The summed E-state index contributed by atoms with van der Waals surface area (Å²) in [5.41, 5.74) is 7.64. The highest BCUT2D eigenvalue weighted by molar-refractivity contribution is 5.77. The van der Waals surface area contributed by atoms with Gasteiger partial charge in [0, 0.05) is 10.8 Å². The molecular formula is C86H108O8. The summed E-state index contributed by atoms with van der Waals surface area (Å²) in [7, 11) is 3.35. The third-order valence-corrected chi connectivity index (χ3v) is 18.8. The highest BCUT2D eigenvalue weighted by Crippen LogP contribution is 2.57. The number of carbonyl (C=O) groups is 2. The van der Waals surface area contributed by atoms with Gasteiger partial charge in [-0.3, -0.25) is 9.59 Å². The van der Waals surface area contributed by atoms with Gasteiger partial charge in [0.05, 0.1) is 51.5 Å². The van der Waals surface area contributed by atoms with Crippen molar-refractivity contribution >= 4 is 11.9 Å². The number of hydrogen-bond acceptors (Lipinski definition) is 8. The molecule has 0 saturated heterocycles. The third-order valence-electron chi connectivity index (χ3n) is 18.8. The smallest absolute Gasteiger partial charge is 0.311 e. The molecule has 0 spiro atoms. The molecule has 8 heteroatoms. The molecule has 8 nitrogen and oxygen atoms in total. The van der Waals surface area contributed by atoms with Gasteiger partial charge in [0.1, 0.15) is 23.0 Å². The zero-order valence-electron chi connectivity index (χ0n) is 58.2. The monoisotopic (exact) mass is 1270 g/mol. The van der Waals surface area contributed by atoms with E-state index in [0.717, 1.165) is 135 Å². The molecule has 0 saturated carbocycles. The summed E-state index contributed by atoms with van der Waals surface area (Å²) in [5.74, 6) is 3.64. The standard InChI is InChI=1S/C50H60O4.C36H48O4/c1-6-7-19-36-49(4,42-22-13-10-14-23-42)50(43-24-15-11-16-25-43,44-26-17-12-18-27-44)39-48(2,3)47(51)54-38-21-9-8-20-37-53-46-34-30-41(31-35-46)40-28-32-45(52-5)33-29-40;1-5-6-10-17-32(29-15-11-9-12-16-29)28-36(2,3)35(37)40-27-14-8-7-13-26-39-34-24-20-31(21-25-34)30-18-22-33(38-4)23-19-30/h10-18,22-35H,6-9,19-21,36-39H2,1-5H3;9,11-12,15-16,18-25,32H,5-8,10,13-14,17,26-28H2,1-4H3. The predicted octanol–water partition coefficient (Wildman–Crippen LogP) is 22.4. The second-order valence-corrected chi connectivity index (χ2v) is 26.8. The SMILES string of the molecule is CCCCCC(C)(c1ccccc1)C(CC(C)(C)C(=O)OCCCCCCOc1ccc(-c2ccc(OC)cc2)cc1)(c1ccccc1)c1ccccc1.CCCCCC(CC(C)(C)C(=O)OCCCCCCOc1ccc(-c2ccc(OC)cc2)cc1)c1ccccc1. The Bertz CT molecular complexity index is 3320. The number of esters is 2. The van der Waals surface area contributed by atoms with Crippen LogP contribution in [0.1, 0.15) is 192 Å². The quantitative estimate of drug-likeness (QED) is 0.0278. The Hall–Kier alpha value is -8.10. The van der Waals surface area contributed by atoms with E-state index in [9.17, 15) is 9.59 Å². The summed E-state index contributed by atoms with van der Waals surface area (Å²) >= 11 is 0. The lowest BCUT2D eigenvalue weighted by Gasteiger charge is -2.53. The minimum absolute atomic E-state index is 0.0784. The van der Waals surface area contributed by atoms with Gasteiger partial charge >= 0.3 is 11.9 Å². The number of carbonyl (C=O) groups excluding carboxylic acids is 2. The third kappa shape index (κ3) is 21.7. The zero-order valence-corrected chi connectivity index (χ0v) is 58.2. The molecule has 0 radical (unpaired) electrons. The van der Waals surface area contributed by atoms with Gasteiger partial charge in [0.25, 0.3) is 0 Å². The summed E-state index contributed by atoms with van der Waals surface area (Å²) in [5, 5.41) is 0. The van der Waals surface area contributed by atoms with Crippen molar-refractivity contribution in [3.8, 4) is 45.3 Å². The van der Waals surface area contributed by atoms with E-state index in [0.29, 0.717) is 38.8 Å². The average Bonchev–Trinajstić information content (AvgIpc) is 0.716. The Morgan fingerprint density at radius 1 is 0.362 bits per heavy atom. The van der Waals surface area contributed by atoms with Crippen LogP contribution in [0.5, 0.6) is 23.0 Å². The molecule has 8 aromatic carbocycles. The fourth-order valence-electron chi connectivity index (χ4n) is 13.2.